The maximum atomic E-state index is 12.9. The van der Waals surface area contributed by atoms with E-state index < -0.39 is 0 Å². The largest absolute Gasteiger partial charge is 0.301 e. The smallest absolute Gasteiger partial charge is 0.260 e. The van der Waals surface area contributed by atoms with Gasteiger partial charge < -0.3 is 4.98 Å². The number of nitrogens with one attached hydrogen (secondary N) is 1. The molecule has 1 aromatic carbocycles. The first-order valence-corrected chi connectivity index (χ1v) is 8.67. The van der Waals surface area contributed by atoms with Crippen LogP contribution in [0.5, 0.6) is 0 Å². The molecule has 0 saturated heterocycles. The summed E-state index contributed by atoms with van der Waals surface area (Å²) in [5.74, 6) is 0.224. The molecule has 0 atom stereocenters. The fourth-order valence-corrected chi connectivity index (χ4v) is 4.21. The highest BCUT2D eigenvalue weighted by Crippen LogP contribution is 2.29. The van der Waals surface area contributed by atoms with E-state index in [1.54, 1.807) is 19.1 Å². The van der Waals surface area contributed by atoms with Crippen LogP contribution in [0.25, 0.3) is 10.2 Å². The number of aromatic nitrogens is 2. The van der Waals surface area contributed by atoms with Gasteiger partial charge in [0.25, 0.3) is 5.56 Å². The van der Waals surface area contributed by atoms with Gasteiger partial charge in [0.2, 0.25) is 0 Å². The van der Waals surface area contributed by atoms with Crippen LogP contribution in [0, 0.1) is 12.7 Å². The molecule has 7 heteroatoms. The molecule has 118 valence electrons. The number of halogens is 1. The Labute approximate surface area is 139 Å². The first kappa shape index (κ1) is 15.9. The molecule has 0 spiro atoms. The van der Waals surface area contributed by atoms with Crippen molar-refractivity contribution in [1.82, 2.24) is 9.97 Å². The minimum Gasteiger partial charge on any atom is -0.301 e. The summed E-state index contributed by atoms with van der Waals surface area (Å²) in [6.07, 6.45) is 0. The van der Waals surface area contributed by atoms with Crippen LogP contribution >= 0.6 is 23.1 Å². The molecular formula is C16H13FN2O2S2. The fourth-order valence-electron chi connectivity index (χ4n) is 2.26. The third-order valence-electron chi connectivity index (χ3n) is 3.39. The van der Waals surface area contributed by atoms with Gasteiger partial charge in [0.15, 0.2) is 10.9 Å². The lowest BCUT2D eigenvalue weighted by Crippen LogP contribution is -2.09. The van der Waals surface area contributed by atoms with Gasteiger partial charge in [0.1, 0.15) is 10.6 Å². The summed E-state index contributed by atoms with van der Waals surface area (Å²) >= 11 is 2.60. The van der Waals surface area contributed by atoms with Crippen LogP contribution in [0.2, 0.25) is 0 Å². The molecule has 0 radical (unpaired) electrons. The van der Waals surface area contributed by atoms with E-state index in [9.17, 15) is 14.0 Å². The Kier molecular flexibility index (Phi) is 4.32. The Hall–Kier alpha value is -1.99. The van der Waals surface area contributed by atoms with Crippen molar-refractivity contribution in [1.29, 1.82) is 0 Å². The molecule has 1 N–H and O–H groups in total. The van der Waals surface area contributed by atoms with Gasteiger partial charge in [-0.15, -0.1) is 11.3 Å². The molecule has 0 aliphatic heterocycles. The van der Waals surface area contributed by atoms with Gasteiger partial charge in [-0.25, -0.2) is 9.37 Å². The zero-order chi connectivity index (χ0) is 16.6. The number of fused-ring (bicyclic) bond motifs is 1. The Bertz CT molecular complexity index is 945. The molecule has 0 aliphatic rings. The summed E-state index contributed by atoms with van der Waals surface area (Å²) in [6.45, 7) is 3.24. The minimum absolute atomic E-state index is 0.0644. The number of hydrogen-bond donors (Lipinski definition) is 1. The van der Waals surface area contributed by atoms with E-state index in [1.807, 2.05) is 0 Å². The lowest BCUT2D eigenvalue weighted by atomic mass is 10.2. The Morgan fingerprint density at radius 1 is 1.35 bits per heavy atom. The molecule has 0 unspecified atom stereocenters. The van der Waals surface area contributed by atoms with Crippen LogP contribution in [0.15, 0.2) is 34.2 Å². The van der Waals surface area contributed by atoms with E-state index in [4.69, 9.17) is 0 Å². The van der Waals surface area contributed by atoms with Crippen molar-refractivity contribution in [3.8, 4) is 0 Å². The van der Waals surface area contributed by atoms with E-state index in [2.05, 4.69) is 9.97 Å². The summed E-state index contributed by atoms with van der Waals surface area (Å²) in [7, 11) is 0. The second-order valence-corrected chi connectivity index (χ2v) is 7.04. The second kappa shape index (κ2) is 6.25. The maximum absolute atomic E-state index is 12.9. The van der Waals surface area contributed by atoms with Crippen molar-refractivity contribution in [2.24, 2.45) is 0 Å². The number of thioether (sulfide) groups is 1. The van der Waals surface area contributed by atoms with Crippen molar-refractivity contribution in [2.45, 2.75) is 24.8 Å². The number of carbonyl (C=O) groups is 1. The first-order valence-electron chi connectivity index (χ1n) is 6.87. The topological polar surface area (TPSA) is 62.8 Å². The molecular weight excluding hydrogens is 335 g/mol. The number of Topliss-reactive ketones (excluding diaryl/α,β-unsaturated/α-hetero) is 1. The number of thiophene rings is 1. The minimum atomic E-state index is -0.280. The zero-order valence-corrected chi connectivity index (χ0v) is 14.1. The van der Waals surface area contributed by atoms with Crippen molar-refractivity contribution >= 4 is 39.1 Å². The standard InChI is InChI=1S/C16H13FN2O2S2/c1-8-12-14(21)18-16(19-15(12)23-13(8)9(2)20)22-7-10-3-5-11(17)6-4-10/h3-6H,7H2,1-2H3,(H,18,19,21). The van der Waals surface area contributed by atoms with Crippen LogP contribution in [0.1, 0.15) is 27.7 Å². The van der Waals surface area contributed by atoms with Gasteiger partial charge in [-0.2, -0.15) is 0 Å². The highest BCUT2D eigenvalue weighted by atomic mass is 32.2. The Balaban J connectivity index is 1.92. The van der Waals surface area contributed by atoms with E-state index in [0.717, 1.165) is 5.56 Å². The summed E-state index contributed by atoms with van der Waals surface area (Å²) < 4.78 is 12.9. The number of benzene rings is 1. The number of hydrogen-bond acceptors (Lipinski definition) is 5. The molecule has 0 fully saturated rings. The number of H-pyrrole nitrogens is 1. The molecule has 3 rings (SSSR count). The molecule has 23 heavy (non-hydrogen) atoms. The Morgan fingerprint density at radius 3 is 2.70 bits per heavy atom. The maximum Gasteiger partial charge on any atom is 0.260 e. The van der Waals surface area contributed by atoms with Crippen LogP contribution in [0.3, 0.4) is 0 Å². The summed E-state index contributed by atoms with van der Waals surface area (Å²) in [5, 5.41) is 0.967. The second-order valence-electron chi connectivity index (χ2n) is 5.08. The number of aromatic amines is 1. The average Bonchev–Trinajstić information content (AvgIpc) is 2.84. The number of carbonyl (C=O) groups excluding carboxylic acids is 1. The van der Waals surface area contributed by atoms with Crippen molar-refractivity contribution in [3.05, 3.63) is 56.4 Å². The molecule has 0 amide bonds. The number of ketones is 1. The van der Waals surface area contributed by atoms with Crippen molar-refractivity contribution in [3.63, 3.8) is 0 Å². The van der Waals surface area contributed by atoms with Crippen LogP contribution < -0.4 is 5.56 Å². The molecule has 4 nitrogen and oxygen atoms in total. The molecule has 2 aromatic heterocycles. The quantitative estimate of drug-likeness (QED) is 0.441. The van der Waals surface area contributed by atoms with Gasteiger partial charge in [-0.05, 0) is 37.1 Å². The van der Waals surface area contributed by atoms with Gasteiger partial charge in [0.05, 0.1) is 10.3 Å². The van der Waals surface area contributed by atoms with Gasteiger partial charge in [-0.1, -0.05) is 23.9 Å². The van der Waals surface area contributed by atoms with Gasteiger partial charge in [0, 0.05) is 5.75 Å². The number of nitrogens with zero attached hydrogens (tertiary/aromatic N) is 1. The summed E-state index contributed by atoms with van der Waals surface area (Å²) in [5.41, 5.74) is 1.38. The number of aryl methyl sites for hydroxylation is 1. The SMILES string of the molecule is CC(=O)c1sc2nc(SCc3ccc(F)cc3)[nH]c(=O)c2c1C. The van der Waals surface area contributed by atoms with Crippen molar-refractivity contribution in [2.75, 3.05) is 0 Å². The van der Waals surface area contributed by atoms with E-state index in [0.29, 0.717) is 31.6 Å². The summed E-state index contributed by atoms with van der Waals surface area (Å²) in [4.78, 5) is 32.2. The van der Waals surface area contributed by atoms with E-state index in [-0.39, 0.29) is 17.2 Å². The van der Waals surface area contributed by atoms with Gasteiger partial charge >= 0.3 is 0 Å². The molecule has 0 saturated carbocycles. The average molecular weight is 348 g/mol. The van der Waals surface area contributed by atoms with E-state index in [1.165, 1.54) is 42.2 Å². The Morgan fingerprint density at radius 2 is 2.04 bits per heavy atom. The predicted octanol–water partition coefficient (Wildman–Crippen LogP) is 3.93. The fraction of sp³-hybridized carbons (Fsp3) is 0.188. The third kappa shape index (κ3) is 3.20. The van der Waals surface area contributed by atoms with Crippen LogP contribution in [-0.4, -0.2) is 15.8 Å². The van der Waals surface area contributed by atoms with Gasteiger partial charge in [-0.3, -0.25) is 9.59 Å². The zero-order valence-electron chi connectivity index (χ0n) is 12.5. The molecule has 3 aromatic rings. The third-order valence-corrected chi connectivity index (χ3v) is 5.62. The predicted molar refractivity (Wildman–Crippen MR) is 90.9 cm³/mol. The molecule has 0 aliphatic carbocycles. The summed E-state index contributed by atoms with van der Waals surface area (Å²) in [6, 6.07) is 6.19. The lowest BCUT2D eigenvalue weighted by molar-refractivity contribution is 0.102. The van der Waals surface area contributed by atoms with Crippen LogP contribution in [-0.2, 0) is 5.75 Å². The molecule has 0 bridgehead atoms. The van der Waals surface area contributed by atoms with Crippen molar-refractivity contribution < 1.29 is 9.18 Å². The van der Waals surface area contributed by atoms with Crippen LogP contribution in [0.4, 0.5) is 4.39 Å². The number of rotatable bonds is 4. The van der Waals surface area contributed by atoms with E-state index >= 15 is 0 Å². The lowest BCUT2D eigenvalue weighted by Gasteiger charge is -2.01. The monoisotopic (exact) mass is 348 g/mol. The normalized spacial score (nSPS) is 11.1. The molecule has 2 heterocycles. The first-order chi connectivity index (χ1) is 11.0. The highest BCUT2D eigenvalue weighted by molar-refractivity contribution is 7.98. The highest BCUT2D eigenvalue weighted by Gasteiger charge is 2.16.